The van der Waals surface area contributed by atoms with Crippen LogP contribution in [-0.4, -0.2) is 46.9 Å². The van der Waals surface area contributed by atoms with Crippen molar-refractivity contribution in [3.8, 4) is 22.8 Å². The van der Waals surface area contributed by atoms with E-state index >= 15 is 8.78 Å². The number of alkyl halides is 1. The normalized spacial score (nSPS) is 19.7. The topological polar surface area (TPSA) is 120 Å². The highest BCUT2D eigenvalue weighted by molar-refractivity contribution is 9.10. The van der Waals surface area contributed by atoms with Gasteiger partial charge in [0.2, 0.25) is 0 Å². The van der Waals surface area contributed by atoms with Gasteiger partial charge < -0.3 is 25.6 Å². The van der Waals surface area contributed by atoms with Crippen LogP contribution >= 0.6 is 27.5 Å². The van der Waals surface area contributed by atoms with E-state index in [0.29, 0.717) is 28.3 Å². The number of hydrogen-bond acceptors (Lipinski definition) is 7. The molecule has 1 aliphatic carbocycles. The Labute approximate surface area is 263 Å². The number of methoxy groups -OCH3 is 1. The van der Waals surface area contributed by atoms with E-state index in [0.717, 1.165) is 16.2 Å². The summed E-state index contributed by atoms with van der Waals surface area (Å²) in [6.45, 7) is 2.89. The number of nitrogens with one attached hydrogen (secondary N) is 1. The highest BCUT2D eigenvalue weighted by Crippen LogP contribution is 2.54. The summed E-state index contributed by atoms with van der Waals surface area (Å²) in [7, 11) is 1.46. The van der Waals surface area contributed by atoms with Crippen LogP contribution in [0.5, 0.6) is 11.5 Å². The number of hydrogen-bond donors (Lipinski definition) is 3. The molecule has 4 aromatic rings. The maximum absolute atomic E-state index is 16.1. The van der Waals surface area contributed by atoms with Crippen LogP contribution in [0.1, 0.15) is 47.1 Å². The SMILES string of the molecule is COc1cc(C(=O)NC[C@](O)(c2cc3c(c(-c4cc(Cl)c(F)cc4F)n2)OC[C@]3(C)N)C2(F)CC2)cc2cc(Br)c(C)nc12. The first-order valence-corrected chi connectivity index (χ1v) is 14.8. The number of amides is 1. The second-order valence-electron chi connectivity index (χ2n) is 11.5. The second kappa shape index (κ2) is 10.6. The summed E-state index contributed by atoms with van der Waals surface area (Å²) in [6.07, 6.45) is -0.0209. The number of rotatable bonds is 7. The lowest BCUT2D eigenvalue weighted by Crippen LogP contribution is -2.49. The number of fused-ring (bicyclic) bond motifs is 2. The lowest BCUT2D eigenvalue weighted by atomic mass is 9.86. The summed E-state index contributed by atoms with van der Waals surface area (Å²) in [5, 5.41) is 14.9. The number of benzene rings is 2. The highest BCUT2D eigenvalue weighted by Gasteiger charge is 2.62. The minimum Gasteiger partial charge on any atom is -0.494 e. The van der Waals surface area contributed by atoms with E-state index in [1.165, 1.54) is 19.2 Å². The van der Waals surface area contributed by atoms with Gasteiger partial charge in [-0.15, -0.1) is 0 Å². The van der Waals surface area contributed by atoms with Crippen molar-refractivity contribution >= 4 is 44.3 Å². The Kier molecular flexibility index (Phi) is 7.35. The zero-order valence-electron chi connectivity index (χ0n) is 23.8. The minimum atomic E-state index is -2.35. The molecule has 13 heteroatoms. The molecule has 0 bridgehead atoms. The van der Waals surface area contributed by atoms with Gasteiger partial charge in [-0.1, -0.05) is 11.6 Å². The third kappa shape index (κ3) is 4.97. The Morgan fingerprint density at radius 2 is 1.93 bits per heavy atom. The number of carbonyl (C=O) groups is 1. The lowest BCUT2D eigenvalue weighted by Gasteiger charge is -2.33. The van der Waals surface area contributed by atoms with Crippen molar-refractivity contribution in [1.29, 1.82) is 0 Å². The molecule has 0 radical (unpaired) electrons. The van der Waals surface area contributed by atoms with Gasteiger partial charge in [0.1, 0.15) is 40.9 Å². The van der Waals surface area contributed by atoms with Gasteiger partial charge in [-0.05, 0) is 73.0 Å². The first-order valence-electron chi connectivity index (χ1n) is 13.6. The van der Waals surface area contributed by atoms with Crippen LogP contribution < -0.4 is 20.5 Å². The van der Waals surface area contributed by atoms with E-state index in [-0.39, 0.29) is 52.7 Å². The Morgan fingerprint density at radius 3 is 2.61 bits per heavy atom. The molecule has 230 valence electrons. The van der Waals surface area contributed by atoms with Gasteiger partial charge in [0.25, 0.3) is 5.91 Å². The largest absolute Gasteiger partial charge is 0.494 e. The van der Waals surface area contributed by atoms with E-state index in [2.05, 4.69) is 31.2 Å². The predicted octanol–water partition coefficient (Wildman–Crippen LogP) is 5.99. The van der Waals surface area contributed by atoms with Crippen LogP contribution in [0.15, 0.2) is 40.9 Å². The van der Waals surface area contributed by atoms with Crippen molar-refractivity contribution in [3.05, 3.63) is 80.0 Å². The number of halogens is 5. The van der Waals surface area contributed by atoms with Crippen molar-refractivity contribution in [2.24, 2.45) is 5.73 Å². The van der Waals surface area contributed by atoms with Crippen molar-refractivity contribution in [2.45, 2.75) is 43.5 Å². The average molecular weight is 692 g/mol. The Balaban J connectivity index is 1.42. The Bertz CT molecular complexity index is 1870. The molecule has 1 saturated carbocycles. The zero-order chi connectivity index (χ0) is 31.8. The maximum Gasteiger partial charge on any atom is 0.251 e. The molecule has 1 amide bonds. The number of nitrogens with two attached hydrogens (primary N) is 1. The van der Waals surface area contributed by atoms with Gasteiger partial charge in [-0.25, -0.2) is 23.1 Å². The van der Waals surface area contributed by atoms with Gasteiger partial charge in [0.15, 0.2) is 11.4 Å². The monoisotopic (exact) mass is 690 g/mol. The molecular weight excluding hydrogens is 665 g/mol. The van der Waals surface area contributed by atoms with Crippen molar-refractivity contribution in [1.82, 2.24) is 15.3 Å². The van der Waals surface area contributed by atoms with E-state index in [1.54, 1.807) is 19.1 Å². The number of aryl methyl sites for hydroxylation is 1. The molecule has 2 atom stereocenters. The standard InChI is InChI=1S/C31H27BrClF3N4O4/c1-14-19(32)7-15-6-16(8-23(43-3)25(15)39-14)28(41)38-12-31(42,30(36)4-5-30)24-10-18-27(44-13-29(18,2)37)26(40-24)17-9-20(33)22(35)11-21(17)34/h6-11,42H,4-5,12-13,37H2,1-3H3,(H,38,41)/t29-,31-/m0/s1. The number of aliphatic hydroxyl groups is 1. The third-order valence-electron chi connectivity index (χ3n) is 8.22. The molecule has 0 unspecified atom stereocenters. The molecule has 4 N–H and O–H groups in total. The molecule has 1 aliphatic heterocycles. The summed E-state index contributed by atoms with van der Waals surface area (Å²) < 4.78 is 57.1. The van der Waals surface area contributed by atoms with Crippen LogP contribution in [0.25, 0.3) is 22.2 Å². The quantitative estimate of drug-likeness (QED) is 0.204. The number of aromatic nitrogens is 2. The molecule has 6 rings (SSSR count). The molecule has 1 fully saturated rings. The van der Waals surface area contributed by atoms with Crippen molar-refractivity contribution in [2.75, 3.05) is 20.3 Å². The number of carbonyl (C=O) groups excluding carboxylic acids is 1. The molecule has 2 aromatic heterocycles. The van der Waals surface area contributed by atoms with Crippen LogP contribution in [0.4, 0.5) is 13.2 Å². The Morgan fingerprint density at radius 1 is 1.20 bits per heavy atom. The fourth-order valence-corrected chi connectivity index (χ4v) is 5.92. The van der Waals surface area contributed by atoms with Crippen LogP contribution in [0, 0.1) is 18.6 Å². The average Bonchev–Trinajstić information content (AvgIpc) is 3.67. The number of ether oxygens (including phenoxy) is 2. The summed E-state index contributed by atoms with van der Waals surface area (Å²) >= 11 is 9.41. The summed E-state index contributed by atoms with van der Waals surface area (Å²) in [4.78, 5) is 22.4. The molecule has 3 heterocycles. The van der Waals surface area contributed by atoms with Gasteiger partial charge in [0, 0.05) is 32.6 Å². The number of nitrogens with zero attached hydrogens (tertiary/aromatic N) is 2. The summed E-state index contributed by atoms with van der Waals surface area (Å²) in [6, 6.07) is 7.96. The van der Waals surface area contributed by atoms with Crippen LogP contribution in [0.3, 0.4) is 0 Å². The van der Waals surface area contributed by atoms with Crippen LogP contribution in [0.2, 0.25) is 5.02 Å². The van der Waals surface area contributed by atoms with E-state index in [1.807, 2.05) is 6.92 Å². The zero-order valence-corrected chi connectivity index (χ0v) is 26.2. The first kappa shape index (κ1) is 30.6. The highest BCUT2D eigenvalue weighted by atomic mass is 79.9. The van der Waals surface area contributed by atoms with Crippen molar-refractivity contribution < 1.29 is 32.5 Å². The van der Waals surface area contributed by atoms with Crippen molar-refractivity contribution in [3.63, 3.8) is 0 Å². The molecular formula is C31H27BrClF3N4O4. The molecule has 0 saturated heterocycles. The predicted molar refractivity (Wildman–Crippen MR) is 162 cm³/mol. The lowest BCUT2D eigenvalue weighted by molar-refractivity contribution is -0.0566. The third-order valence-corrected chi connectivity index (χ3v) is 9.31. The van der Waals surface area contributed by atoms with Gasteiger partial charge in [-0.3, -0.25) is 4.79 Å². The Hall–Kier alpha value is -3.45. The molecule has 0 spiro atoms. The molecule has 44 heavy (non-hydrogen) atoms. The molecule has 2 aromatic carbocycles. The van der Waals surface area contributed by atoms with E-state index in [9.17, 15) is 14.3 Å². The fourth-order valence-electron chi connectivity index (χ4n) is 5.42. The summed E-state index contributed by atoms with van der Waals surface area (Å²) in [5.41, 5.74) is 2.09. The summed E-state index contributed by atoms with van der Waals surface area (Å²) in [5.74, 6) is -2.13. The first-order chi connectivity index (χ1) is 20.7. The van der Waals surface area contributed by atoms with E-state index in [4.69, 9.17) is 26.8 Å². The van der Waals surface area contributed by atoms with Gasteiger partial charge in [-0.2, -0.15) is 0 Å². The second-order valence-corrected chi connectivity index (χ2v) is 12.8. The smallest absolute Gasteiger partial charge is 0.251 e. The molecule has 2 aliphatic rings. The van der Waals surface area contributed by atoms with E-state index < -0.39 is 40.9 Å². The van der Waals surface area contributed by atoms with Gasteiger partial charge >= 0.3 is 0 Å². The van der Waals surface area contributed by atoms with Crippen LogP contribution in [-0.2, 0) is 11.1 Å². The number of pyridine rings is 2. The maximum atomic E-state index is 16.1. The minimum absolute atomic E-state index is 0.0105. The van der Waals surface area contributed by atoms with Gasteiger partial charge in [0.05, 0.1) is 35.6 Å². The molecule has 8 nitrogen and oxygen atoms in total. The fraction of sp³-hybridized carbons (Fsp3) is 0.323.